The molecule has 4 amide bonds. The van der Waals surface area contributed by atoms with Crippen molar-refractivity contribution in [3.05, 3.63) is 60.3 Å². The predicted octanol–water partition coefficient (Wildman–Crippen LogP) is 2.67. The molecule has 1 saturated heterocycles. The number of para-hydroxylation sites is 1. The van der Waals surface area contributed by atoms with Gasteiger partial charge in [-0.3, -0.25) is 9.59 Å². The van der Waals surface area contributed by atoms with Gasteiger partial charge in [0.05, 0.1) is 12.7 Å². The Labute approximate surface area is 191 Å². The molecule has 0 radical (unpaired) electrons. The molecule has 0 saturated carbocycles. The van der Waals surface area contributed by atoms with Gasteiger partial charge >= 0.3 is 6.03 Å². The van der Waals surface area contributed by atoms with E-state index in [1.54, 1.807) is 54.3 Å². The molecule has 33 heavy (non-hydrogen) atoms. The number of fused-ring (bicyclic) bond motifs is 1. The molecule has 172 valence electrons. The van der Waals surface area contributed by atoms with E-state index in [4.69, 9.17) is 4.74 Å². The van der Waals surface area contributed by atoms with E-state index >= 15 is 0 Å². The van der Waals surface area contributed by atoms with Gasteiger partial charge in [0.1, 0.15) is 11.8 Å². The van der Waals surface area contributed by atoms with E-state index in [9.17, 15) is 14.4 Å². The Morgan fingerprint density at radius 2 is 1.73 bits per heavy atom. The van der Waals surface area contributed by atoms with Gasteiger partial charge in [0, 0.05) is 55.0 Å². The fourth-order valence-corrected chi connectivity index (χ4v) is 3.82. The monoisotopic (exact) mass is 449 g/mol. The smallest absolute Gasteiger partial charge is 0.318 e. The molecular formula is C24H27N5O4. The Kier molecular flexibility index (Phi) is 6.48. The first kappa shape index (κ1) is 22.2. The van der Waals surface area contributed by atoms with Gasteiger partial charge in [-0.25, -0.2) is 4.79 Å². The Morgan fingerprint density at radius 3 is 2.48 bits per heavy atom. The molecule has 1 aromatic heterocycles. The molecular weight excluding hydrogens is 422 g/mol. The second kappa shape index (κ2) is 9.64. The molecule has 0 aliphatic carbocycles. The summed E-state index contributed by atoms with van der Waals surface area (Å²) in [7, 11) is 1.55. The zero-order valence-electron chi connectivity index (χ0n) is 18.6. The lowest BCUT2D eigenvalue weighted by atomic mass is 10.1. The lowest BCUT2D eigenvalue weighted by molar-refractivity contribution is -0.117. The highest BCUT2D eigenvalue weighted by atomic mass is 16.5. The number of methoxy groups -OCH3 is 1. The Morgan fingerprint density at radius 1 is 1.00 bits per heavy atom. The molecule has 2 aromatic carbocycles. The molecule has 3 aromatic rings. The van der Waals surface area contributed by atoms with Gasteiger partial charge in [0.2, 0.25) is 5.91 Å². The van der Waals surface area contributed by atoms with Crippen molar-refractivity contribution >= 4 is 34.4 Å². The first-order valence-electron chi connectivity index (χ1n) is 10.8. The number of anilines is 1. The molecule has 0 bridgehead atoms. The number of hydrogen-bond acceptors (Lipinski definition) is 4. The number of amides is 4. The highest BCUT2D eigenvalue weighted by Gasteiger charge is 2.27. The molecule has 1 fully saturated rings. The topological polar surface area (TPSA) is 107 Å². The van der Waals surface area contributed by atoms with E-state index in [0.717, 1.165) is 10.9 Å². The molecule has 2 heterocycles. The van der Waals surface area contributed by atoms with Crippen molar-refractivity contribution in [3.63, 3.8) is 0 Å². The summed E-state index contributed by atoms with van der Waals surface area (Å²) in [5.74, 6) is 0.243. The van der Waals surface area contributed by atoms with Crippen molar-refractivity contribution in [1.29, 1.82) is 0 Å². The van der Waals surface area contributed by atoms with Crippen molar-refractivity contribution in [2.45, 2.75) is 13.0 Å². The largest absolute Gasteiger partial charge is 0.497 e. The Bertz CT molecular complexity index is 1170. The first-order valence-corrected chi connectivity index (χ1v) is 10.8. The van der Waals surface area contributed by atoms with Crippen molar-refractivity contribution in [1.82, 2.24) is 20.1 Å². The van der Waals surface area contributed by atoms with Gasteiger partial charge in [-0.05, 0) is 25.1 Å². The van der Waals surface area contributed by atoms with E-state index in [1.807, 2.05) is 24.3 Å². The Balaban J connectivity index is 1.29. The maximum Gasteiger partial charge on any atom is 0.318 e. The van der Waals surface area contributed by atoms with Crippen LogP contribution in [0, 0.1) is 0 Å². The van der Waals surface area contributed by atoms with E-state index in [0.29, 0.717) is 43.2 Å². The summed E-state index contributed by atoms with van der Waals surface area (Å²) in [6, 6.07) is 13.6. The van der Waals surface area contributed by atoms with Crippen LogP contribution in [0.3, 0.4) is 0 Å². The molecule has 4 rings (SSSR count). The number of nitrogens with zero attached hydrogens (tertiary/aromatic N) is 2. The summed E-state index contributed by atoms with van der Waals surface area (Å²) in [4.78, 5) is 44.6. The van der Waals surface area contributed by atoms with E-state index in [-0.39, 0.29) is 17.8 Å². The van der Waals surface area contributed by atoms with Crippen LogP contribution in [0.25, 0.3) is 10.9 Å². The van der Waals surface area contributed by atoms with Crippen molar-refractivity contribution < 1.29 is 19.1 Å². The summed E-state index contributed by atoms with van der Waals surface area (Å²) in [5, 5.41) is 6.39. The third-order valence-electron chi connectivity index (χ3n) is 5.74. The van der Waals surface area contributed by atoms with Crippen LogP contribution < -0.4 is 15.4 Å². The molecule has 1 atom stereocenters. The summed E-state index contributed by atoms with van der Waals surface area (Å²) in [5.41, 5.74) is 2.14. The van der Waals surface area contributed by atoms with Crippen LogP contribution in [0.5, 0.6) is 5.75 Å². The van der Waals surface area contributed by atoms with Crippen LogP contribution >= 0.6 is 0 Å². The number of hydrogen-bond donors (Lipinski definition) is 3. The number of ether oxygens (including phenoxy) is 1. The lowest BCUT2D eigenvalue weighted by Gasteiger charge is -2.35. The fourth-order valence-electron chi connectivity index (χ4n) is 3.82. The molecule has 3 N–H and O–H groups in total. The summed E-state index contributed by atoms with van der Waals surface area (Å²) in [6.45, 7) is 3.27. The second-order valence-electron chi connectivity index (χ2n) is 7.92. The van der Waals surface area contributed by atoms with E-state index < -0.39 is 6.04 Å². The van der Waals surface area contributed by atoms with Crippen LogP contribution in [0.15, 0.2) is 54.7 Å². The van der Waals surface area contributed by atoms with Gasteiger partial charge in [-0.2, -0.15) is 0 Å². The van der Waals surface area contributed by atoms with Gasteiger partial charge in [0.15, 0.2) is 0 Å². The highest BCUT2D eigenvalue weighted by molar-refractivity contribution is 6.06. The predicted molar refractivity (Wildman–Crippen MR) is 125 cm³/mol. The third kappa shape index (κ3) is 4.92. The molecule has 9 nitrogen and oxygen atoms in total. The number of H-pyrrole nitrogens is 1. The first-order chi connectivity index (χ1) is 16.0. The van der Waals surface area contributed by atoms with E-state index in [1.165, 1.54) is 0 Å². The second-order valence-corrected chi connectivity index (χ2v) is 7.92. The summed E-state index contributed by atoms with van der Waals surface area (Å²) >= 11 is 0. The molecule has 1 aliphatic rings. The van der Waals surface area contributed by atoms with Crippen molar-refractivity contribution in [2.75, 3.05) is 38.6 Å². The number of rotatable bonds is 5. The zero-order valence-corrected chi connectivity index (χ0v) is 18.6. The number of urea groups is 1. The standard InChI is InChI=1S/C24H27N5O4/c1-16(22(30)27-17-6-5-7-18(14-17)33-2)26-24(32)29-12-10-28(11-13-29)23(31)20-15-25-21-9-4-3-8-19(20)21/h3-9,14-16,25H,10-13H2,1-2H3,(H,26,32)(H,27,30)/t16-/m0/s1. The van der Waals surface area contributed by atoms with Crippen LogP contribution in [0.2, 0.25) is 0 Å². The number of carbonyl (C=O) groups excluding carboxylic acids is 3. The number of aromatic amines is 1. The van der Waals surface area contributed by atoms with Crippen molar-refractivity contribution in [2.24, 2.45) is 0 Å². The minimum Gasteiger partial charge on any atom is -0.497 e. The molecule has 1 aliphatic heterocycles. The van der Waals surface area contributed by atoms with Gasteiger partial charge < -0.3 is 30.2 Å². The summed E-state index contributed by atoms with van der Waals surface area (Å²) < 4.78 is 5.15. The van der Waals surface area contributed by atoms with Crippen molar-refractivity contribution in [3.8, 4) is 5.75 Å². The average molecular weight is 450 g/mol. The number of nitrogens with one attached hydrogen (secondary N) is 3. The lowest BCUT2D eigenvalue weighted by Crippen LogP contribution is -2.55. The normalized spacial score (nSPS) is 14.6. The van der Waals surface area contributed by atoms with Gasteiger partial charge in [0.25, 0.3) is 5.91 Å². The average Bonchev–Trinajstić information content (AvgIpc) is 3.28. The third-order valence-corrected chi connectivity index (χ3v) is 5.74. The van der Waals surface area contributed by atoms with Crippen LogP contribution in [0.4, 0.5) is 10.5 Å². The Hall–Kier alpha value is -4.01. The van der Waals surface area contributed by atoms with Crippen LogP contribution in [-0.4, -0.2) is 72.0 Å². The van der Waals surface area contributed by atoms with Crippen LogP contribution in [0.1, 0.15) is 17.3 Å². The molecule has 9 heteroatoms. The highest BCUT2D eigenvalue weighted by Crippen LogP contribution is 2.20. The molecule has 0 unspecified atom stereocenters. The van der Waals surface area contributed by atoms with Gasteiger partial charge in [-0.1, -0.05) is 24.3 Å². The minimum atomic E-state index is -0.727. The maximum atomic E-state index is 13.0. The van der Waals surface area contributed by atoms with E-state index in [2.05, 4.69) is 15.6 Å². The van der Waals surface area contributed by atoms with Crippen LogP contribution in [-0.2, 0) is 4.79 Å². The SMILES string of the molecule is COc1cccc(NC(=O)[C@H](C)NC(=O)N2CCN(C(=O)c3c[nH]c4ccccc34)CC2)c1. The minimum absolute atomic E-state index is 0.0569. The van der Waals surface area contributed by atoms with Gasteiger partial charge in [-0.15, -0.1) is 0 Å². The maximum absolute atomic E-state index is 13.0. The molecule has 0 spiro atoms. The zero-order chi connectivity index (χ0) is 23.4. The number of aromatic nitrogens is 1. The summed E-state index contributed by atoms with van der Waals surface area (Å²) in [6.07, 6.45) is 1.73. The number of piperazine rings is 1. The fraction of sp³-hybridized carbons (Fsp3) is 0.292. The quantitative estimate of drug-likeness (QED) is 0.557. The number of carbonyl (C=O) groups is 3. The number of benzene rings is 2.